The molecule has 7 heteroatoms. The second kappa shape index (κ2) is 23.8. The number of nitrogens with zero attached hydrogens (tertiary/aromatic N) is 2. The van der Waals surface area contributed by atoms with Gasteiger partial charge in [0, 0.05) is 26.2 Å². The number of unbranched alkanes of at least 4 members (excludes halogenated alkanes) is 4. The molecule has 0 aliphatic carbocycles. The number of hydrogen-bond donors (Lipinski definition) is 0. The number of hydrogen-bond acceptors (Lipinski definition) is 4. The maximum atomic E-state index is 4.98. The molecule has 0 fully saturated rings. The quantitative estimate of drug-likeness (QED) is 0.191. The van der Waals surface area contributed by atoms with Crippen LogP contribution in [0.3, 0.4) is 0 Å². The van der Waals surface area contributed by atoms with Crippen LogP contribution in [0.25, 0.3) is 0 Å². The predicted octanol–water partition coefficient (Wildman–Crippen LogP) is 5.06. The maximum Gasteiger partial charge on any atom is 2.00 e. The van der Waals surface area contributed by atoms with Crippen molar-refractivity contribution in [1.82, 2.24) is 9.80 Å². The molecule has 144 valence electrons. The van der Waals surface area contributed by atoms with Crippen LogP contribution in [0.4, 0.5) is 0 Å². The topological polar surface area (TPSA) is 6.48 Å². The van der Waals surface area contributed by atoms with Gasteiger partial charge in [0.1, 0.15) is 0 Å². The van der Waals surface area contributed by atoms with Gasteiger partial charge in [0.25, 0.3) is 0 Å². The Balaban J connectivity index is -0.000000372. The molecular weight excluding hydrogens is 510 g/mol. The van der Waals surface area contributed by atoms with Crippen molar-refractivity contribution in [3.63, 3.8) is 0 Å². The summed E-state index contributed by atoms with van der Waals surface area (Å²) in [5, 5.41) is 0. The summed E-state index contributed by atoms with van der Waals surface area (Å²) >= 11 is 19.9. The van der Waals surface area contributed by atoms with Crippen LogP contribution in [0.5, 0.6) is 0 Å². The molecular formula is C18H36BaN2S4. The third-order valence-electron chi connectivity index (χ3n) is 3.64. The van der Waals surface area contributed by atoms with E-state index in [0.29, 0.717) is 8.64 Å². The summed E-state index contributed by atoms with van der Waals surface area (Å²) in [6.07, 6.45) is 9.62. The van der Waals surface area contributed by atoms with Crippen LogP contribution in [0.2, 0.25) is 0 Å². The Hall–Kier alpha value is 1.79. The molecule has 0 saturated heterocycles. The van der Waals surface area contributed by atoms with Crippen molar-refractivity contribution < 1.29 is 0 Å². The van der Waals surface area contributed by atoms with E-state index in [1.807, 2.05) is 0 Å². The van der Waals surface area contributed by atoms with Crippen LogP contribution in [0, 0.1) is 0 Å². The van der Waals surface area contributed by atoms with Crippen molar-refractivity contribution in [2.75, 3.05) is 26.2 Å². The summed E-state index contributed by atoms with van der Waals surface area (Å²) in [6, 6.07) is 0. The van der Waals surface area contributed by atoms with Gasteiger partial charge < -0.3 is 59.5 Å². The van der Waals surface area contributed by atoms with E-state index in [1.165, 1.54) is 51.4 Å². The largest absolute Gasteiger partial charge is 2.00 e. The minimum absolute atomic E-state index is 0. The van der Waals surface area contributed by atoms with Gasteiger partial charge in [-0.2, -0.15) is 0 Å². The monoisotopic (exact) mass is 546 g/mol. The molecule has 0 aromatic carbocycles. The van der Waals surface area contributed by atoms with Crippen LogP contribution >= 0.6 is 24.4 Å². The van der Waals surface area contributed by atoms with Gasteiger partial charge in [0.2, 0.25) is 0 Å². The molecule has 0 aliphatic rings. The van der Waals surface area contributed by atoms with E-state index in [1.54, 1.807) is 0 Å². The molecule has 0 saturated carbocycles. The van der Waals surface area contributed by atoms with E-state index in [-0.39, 0.29) is 48.9 Å². The molecule has 0 aliphatic heterocycles. The zero-order valence-electron chi connectivity index (χ0n) is 16.7. The van der Waals surface area contributed by atoms with Crippen LogP contribution in [-0.4, -0.2) is 93.5 Å². The molecule has 0 N–H and O–H groups in total. The molecule has 0 aromatic heterocycles. The molecule has 0 spiro atoms. The van der Waals surface area contributed by atoms with Gasteiger partial charge in [-0.05, 0) is 25.7 Å². The van der Waals surface area contributed by atoms with Crippen molar-refractivity contribution >= 4 is 107 Å². The maximum absolute atomic E-state index is 4.98. The Labute approximate surface area is 219 Å². The first kappa shape index (κ1) is 31.5. The summed E-state index contributed by atoms with van der Waals surface area (Å²) in [5.41, 5.74) is 0. The fraction of sp³-hybridized carbons (Fsp3) is 0.889. The van der Waals surface area contributed by atoms with Crippen molar-refractivity contribution in [2.24, 2.45) is 0 Å². The molecule has 0 rings (SSSR count). The Morgan fingerprint density at radius 2 is 0.800 bits per heavy atom. The van der Waals surface area contributed by atoms with E-state index in [0.717, 1.165) is 26.2 Å². The molecule has 0 bridgehead atoms. The summed E-state index contributed by atoms with van der Waals surface area (Å²) < 4.78 is 1.27. The summed E-state index contributed by atoms with van der Waals surface area (Å²) in [4.78, 5) is 4.27. The van der Waals surface area contributed by atoms with Crippen molar-refractivity contribution in [3.05, 3.63) is 0 Å². The van der Waals surface area contributed by atoms with E-state index in [9.17, 15) is 0 Å². The molecule has 0 aromatic rings. The fourth-order valence-electron chi connectivity index (χ4n) is 1.98. The van der Waals surface area contributed by atoms with Crippen molar-refractivity contribution in [3.8, 4) is 0 Å². The second-order valence-electron chi connectivity index (χ2n) is 5.92. The third kappa shape index (κ3) is 21.9. The zero-order chi connectivity index (χ0) is 18.8. The SMILES string of the molecule is CCCCN(CCCC)C(=S)[S-].CCCCN(CCCC)C(=S)[S-].[Ba+2]. The van der Waals surface area contributed by atoms with Gasteiger partial charge in [-0.1, -0.05) is 62.0 Å². The van der Waals surface area contributed by atoms with Crippen LogP contribution < -0.4 is 0 Å². The number of rotatable bonds is 12. The van der Waals surface area contributed by atoms with E-state index in [2.05, 4.69) is 37.5 Å². The molecule has 0 atom stereocenters. The van der Waals surface area contributed by atoms with E-state index >= 15 is 0 Å². The molecule has 0 unspecified atom stereocenters. The molecule has 0 radical (unpaired) electrons. The molecule has 2 nitrogen and oxygen atoms in total. The van der Waals surface area contributed by atoms with Crippen LogP contribution in [0.15, 0.2) is 0 Å². The first-order chi connectivity index (χ1) is 11.4. The summed E-state index contributed by atoms with van der Waals surface area (Å²) in [5.74, 6) is 0. The minimum Gasteiger partial charge on any atom is -0.411 e. The van der Waals surface area contributed by atoms with E-state index < -0.39 is 0 Å². The Bertz CT molecular complexity index is 271. The first-order valence-corrected chi connectivity index (χ1v) is 11.0. The van der Waals surface area contributed by atoms with Gasteiger partial charge in [0.15, 0.2) is 0 Å². The van der Waals surface area contributed by atoms with E-state index in [4.69, 9.17) is 49.7 Å². The zero-order valence-corrected chi connectivity index (χ0v) is 24.4. The van der Waals surface area contributed by atoms with Gasteiger partial charge in [-0.3, -0.25) is 0 Å². The van der Waals surface area contributed by atoms with Crippen molar-refractivity contribution in [2.45, 2.75) is 79.1 Å². The third-order valence-corrected chi connectivity index (χ3v) is 4.68. The summed E-state index contributed by atoms with van der Waals surface area (Å²) in [7, 11) is 0. The Morgan fingerprint density at radius 3 is 0.920 bits per heavy atom. The summed E-state index contributed by atoms with van der Waals surface area (Å²) in [6.45, 7) is 12.9. The molecule has 25 heavy (non-hydrogen) atoms. The Kier molecular flexibility index (Phi) is 30.0. The van der Waals surface area contributed by atoms with Crippen molar-refractivity contribution in [1.29, 1.82) is 0 Å². The first-order valence-electron chi connectivity index (χ1n) is 9.36. The van der Waals surface area contributed by atoms with Gasteiger partial charge in [-0.15, -0.1) is 0 Å². The van der Waals surface area contributed by atoms with Crippen LogP contribution in [-0.2, 0) is 25.3 Å². The Morgan fingerprint density at radius 1 is 0.600 bits per heavy atom. The predicted molar refractivity (Wildman–Crippen MR) is 128 cm³/mol. The normalized spacial score (nSPS) is 9.44. The average molecular weight is 546 g/mol. The van der Waals surface area contributed by atoms with Gasteiger partial charge in [-0.25, -0.2) is 0 Å². The van der Waals surface area contributed by atoms with Gasteiger partial charge >= 0.3 is 48.9 Å². The average Bonchev–Trinajstić information content (AvgIpc) is 2.55. The second-order valence-corrected chi connectivity index (χ2v) is 7.98. The van der Waals surface area contributed by atoms with Gasteiger partial charge in [0.05, 0.1) is 0 Å². The van der Waals surface area contributed by atoms with Crippen LogP contribution in [0.1, 0.15) is 79.1 Å². The fourth-order valence-corrected chi connectivity index (χ4v) is 2.71. The minimum atomic E-state index is 0. The molecule has 0 heterocycles. The molecule has 0 amide bonds. The standard InChI is InChI=1S/2C9H19NS2.Ba/c2*1-3-5-7-10(9(11)12)8-6-4-2;/h2*3-8H2,1-2H3,(H,11,12);/q;;+2/p-2. The smallest absolute Gasteiger partial charge is 0.411 e. The number of thiocarbonyl (C=S) groups is 2.